The van der Waals surface area contributed by atoms with E-state index >= 15 is 0 Å². The van der Waals surface area contributed by atoms with Crippen molar-refractivity contribution in [3.8, 4) is 5.75 Å². The number of hydrogen-bond donors (Lipinski definition) is 3. The third-order valence-corrected chi connectivity index (χ3v) is 4.54. The van der Waals surface area contributed by atoms with Crippen LogP contribution in [0, 0.1) is 6.92 Å². The van der Waals surface area contributed by atoms with Crippen molar-refractivity contribution in [2.75, 3.05) is 13.1 Å². The number of carbonyl (C=O) groups excluding carboxylic acids is 1. The molecule has 1 saturated heterocycles. The van der Waals surface area contributed by atoms with E-state index in [2.05, 4.69) is 15.2 Å². The van der Waals surface area contributed by atoms with Crippen LogP contribution in [0.1, 0.15) is 34.5 Å². The number of rotatable bonds is 4. The van der Waals surface area contributed by atoms with Gasteiger partial charge in [0.1, 0.15) is 11.3 Å². The molecule has 0 spiro atoms. The molecule has 0 saturated carbocycles. The monoisotopic (exact) mass is 341 g/mol. The van der Waals surface area contributed by atoms with Gasteiger partial charge in [0.2, 0.25) is 0 Å². The smallest absolute Gasteiger partial charge is 0.256 e. The maximum absolute atomic E-state index is 12.3. The summed E-state index contributed by atoms with van der Waals surface area (Å²) in [4.78, 5) is 29.4. The zero-order valence-corrected chi connectivity index (χ0v) is 14.3. The minimum absolute atomic E-state index is 0.0774. The van der Waals surface area contributed by atoms with Crippen LogP contribution >= 0.6 is 0 Å². The highest BCUT2D eigenvalue weighted by atomic mass is 16.3. The molecule has 1 aliphatic heterocycles. The van der Waals surface area contributed by atoms with E-state index in [0.29, 0.717) is 0 Å². The average molecular weight is 341 g/mol. The van der Waals surface area contributed by atoms with Crippen LogP contribution in [-0.4, -0.2) is 40.0 Å². The molecule has 25 heavy (non-hydrogen) atoms. The second-order valence-electron chi connectivity index (χ2n) is 6.59. The fourth-order valence-corrected chi connectivity index (χ4v) is 3.16. The molecule has 2 heterocycles. The highest BCUT2D eigenvalue weighted by molar-refractivity contribution is 5.93. The lowest BCUT2D eigenvalue weighted by Gasteiger charge is -2.32. The number of phenolic OH excluding ortho intramolecular Hbond substituents is 1. The largest absolute Gasteiger partial charge is 0.508 e. The van der Waals surface area contributed by atoms with Crippen LogP contribution in [0.5, 0.6) is 5.75 Å². The van der Waals surface area contributed by atoms with Gasteiger partial charge in [-0.05, 0) is 37.5 Å². The van der Waals surface area contributed by atoms with E-state index < -0.39 is 0 Å². The Hall–Kier alpha value is -2.60. The van der Waals surface area contributed by atoms with Gasteiger partial charge >= 0.3 is 0 Å². The number of phenols is 1. The molecule has 6 heteroatoms. The molecule has 0 unspecified atom stereocenters. The zero-order valence-electron chi connectivity index (χ0n) is 14.3. The summed E-state index contributed by atoms with van der Waals surface area (Å²) in [5.74, 6) is -0.0318. The Balaban J connectivity index is 1.52. The molecular weight excluding hydrogens is 318 g/mol. The van der Waals surface area contributed by atoms with E-state index in [9.17, 15) is 14.7 Å². The fourth-order valence-electron chi connectivity index (χ4n) is 3.16. The van der Waals surface area contributed by atoms with Crippen molar-refractivity contribution in [2.45, 2.75) is 32.4 Å². The Morgan fingerprint density at radius 3 is 2.76 bits per heavy atom. The Morgan fingerprint density at radius 1 is 1.32 bits per heavy atom. The van der Waals surface area contributed by atoms with Crippen LogP contribution in [0.2, 0.25) is 0 Å². The summed E-state index contributed by atoms with van der Waals surface area (Å²) in [6, 6.07) is 8.80. The summed E-state index contributed by atoms with van der Waals surface area (Å²) in [7, 11) is 0. The fraction of sp³-hybridized carbons (Fsp3) is 0.368. The lowest BCUT2D eigenvalue weighted by atomic mass is 10.0. The number of nitrogens with one attached hydrogen (secondary N) is 2. The quantitative estimate of drug-likeness (QED) is 0.791. The number of carbonyl (C=O) groups is 1. The van der Waals surface area contributed by atoms with Gasteiger partial charge in [-0.1, -0.05) is 12.1 Å². The number of aromatic amines is 1. The summed E-state index contributed by atoms with van der Waals surface area (Å²) in [6.45, 7) is 4.30. The molecule has 0 bridgehead atoms. The molecule has 0 atom stereocenters. The van der Waals surface area contributed by atoms with E-state index in [4.69, 9.17) is 0 Å². The van der Waals surface area contributed by atoms with Gasteiger partial charge < -0.3 is 15.4 Å². The standard InChI is InChI=1S/C19H23N3O3/c1-13-9-18(24)17(11-20-13)19(25)21-15-5-7-22(8-6-15)12-14-3-2-4-16(23)10-14/h2-4,9-11,15,23H,5-8,12H2,1H3,(H,20,24)(H,21,25). The summed E-state index contributed by atoms with van der Waals surface area (Å²) < 4.78 is 0. The number of benzene rings is 1. The van der Waals surface area contributed by atoms with Crippen molar-refractivity contribution >= 4 is 5.91 Å². The molecule has 2 aromatic rings. The van der Waals surface area contributed by atoms with Crippen LogP contribution in [-0.2, 0) is 6.54 Å². The number of aryl methyl sites for hydroxylation is 1. The Kier molecular flexibility index (Phi) is 5.19. The molecule has 132 valence electrons. The SMILES string of the molecule is Cc1cc(=O)c(C(=O)NC2CCN(Cc3cccc(O)c3)CC2)c[nH]1. The number of H-pyrrole nitrogens is 1. The minimum Gasteiger partial charge on any atom is -0.508 e. The molecule has 1 amide bonds. The number of likely N-dealkylation sites (tertiary alicyclic amines) is 1. The highest BCUT2D eigenvalue weighted by Gasteiger charge is 2.22. The summed E-state index contributed by atoms with van der Waals surface area (Å²) in [6.07, 6.45) is 3.16. The Morgan fingerprint density at radius 2 is 2.08 bits per heavy atom. The van der Waals surface area contributed by atoms with Crippen molar-refractivity contribution in [3.05, 3.63) is 63.6 Å². The maximum atomic E-state index is 12.3. The molecule has 3 rings (SSSR count). The van der Waals surface area contributed by atoms with Crippen LogP contribution in [0.4, 0.5) is 0 Å². The van der Waals surface area contributed by atoms with Gasteiger partial charge in [-0.2, -0.15) is 0 Å². The van der Waals surface area contributed by atoms with Gasteiger partial charge in [0.25, 0.3) is 5.91 Å². The first-order chi connectivity index (χ1) is 12.0. The topological polar surface area (TPSA) is 85.4 Å². The number of aromatic hydroxyl groups is 1. The number of piperidine rings is 1. The lowest BCUT2D eigenvalue weighted by Crippen LogP contribution is -2.45. The molecule has 1 aromatic heterocycles. The number of aromatic nitrogens is 1. The Bertz CT molecular complexity index is 808. The molecular formula is C19H23N3O3. The second kappa shape index (κ2) is 7.53. The average Bonchev–Trinajstić information content (AvgIpc) is 2.56. The molecule has 3 N–H and O–H groups in total. The maximum Gasteiger partial charge on any atom is 0.256 e. The van der Waals surface area contributed by atoms with Crippen molar-refractivity contribution in [3.63, 3.8) is 0 Å². The first-order valence-corrected chi connectivity index (χ1v) is 8.52. The third kappa shape index (κ3) is 4.48. The number of nitrogens with zero attached hydrogens (tertiary/aromatic N) is 1. The van der Waals surface area contributed by atoms with Crippen molar-refractivity contribution in [1.29, 1.82) is 0 Å². The first kappa shape index (κ1) is 17.2. The lowest BCUT2D eigenvalue weighted by molar-refractivity contribution is 0.0907. The van der Waals surface area contributed by atoms with E-state index in [1.54, 1.807) is 19.1 Å². The molecule has 6 nitrogen and oxygen atoms in total. The van der Waals surface area contributed by atoms with Gasteiger partial charge in [0.15, 0.2) is 5.43 Å². The zero-order chi connectivity index (χ0) is 17.8. The highest BCUT2D eigenvalue weighted by Crippen LogP contribution is 2.17. The predicted molar refractivity (Wildman–Crippen MR) is 95.7 cm³/mol. The second-order valence-corrected chi connectivity index (χ2v) is 6.59. The van der Waals surface area contributed by atoms with Gasteiger partial charge in [0.05, 0.1) is 0 Å². The Labute approximate surface area is 146 Å². The van der Waals surface area contributed by atoms with Crippen molar-refractivity contribution < 1.29 is 9.90 Å². The van der Waals surface area contributed by atoms with Crippen LogP contribution in [0.3, 0.4) is 0 Å². The minimum atomic E-state index is -0.312. The summed E-state index contributed by atoms with van der Waals surface area (Å²) in [5, 5.41) is 12.5. The van der Waals surface area contributed by atoms with Crippen LogP contribution in [0.25, 0.3) is 0 Å². The predicted octanol–water partition coefficient (Wildman–Crippen LogP) is 1.78. The van der Waals surface area contributed by atoms with Crippen molar-refractivity contribution in [2.24, 2.45) is 0 Å². The number of amides is 1. The molecule has 1 fully saturated rings. The molecule has 1 aliphatic rings. The summed E-state index contributed by atoms with van der Waals surface area (Å²) in [5.41, 5.74) is 1.72. The molecule has 1 aromatic carbocycles. The van der Waals surface area contributed by atoms with Gasteiger partial charge in [-0.15, -0.1) is 0 Å². The van der Waals surface area contributed by atoms with E-state index in [-0.39, 0.29) is 28.7 Å². The van der Waals surface area contributed by atoms with Gasteiger partial charge in [0, 0.05) is 43.6 Å². The first-order valence-electron chi connectivity index (χ1n) is 8.52. The van der Waals surface area contributed by atoms with E-state index in [0.717, 1.165) is 43.7 Å². The van der Waals surface area contributed by atoms with Crippen LogP contribution < -0.4 is 10.7 Å². The van der Waals surface area contributed by atoms with E-state index in [1.165, 1.54) is 12.3 Å². The van der Waals surface area contributed by atoms with E-state index in [1.807, 2.05) is 12.1 Å². The van der Waals surface area contributed by atoms with Crippen molar-refractivity contribution in [1.82, 2.24) is 15.2 Å². The van der Waals surface area contributed by atoms with Gasteiger partial charge in [-0.3, -0.25) is 14.5 Å². The van der Waals surface area contributed by atoms with Gasteiger partial charge in [-0.25, -0.2) is 0 Å². The number of hydrogen-bond acceptors (Lipinski definition) is 4. The summed E-state index contributed by atoms with van der Waals surface area (Å²) >= 11 is 0. The van der Waals surface area contributed by atoms with Crippen LogP contribution in [0.15, 0.2) is 41.3 Å². The normalized spacial score (nSPS) is 15.9. The molecule has 0 radical (unpaired) electrons. The molecule has 0 aliphatic carbocycles. The number of pyridine rings is 1. The third-order valence-electron chi connectivity index (χ3n) is 4.54.